The number of hydrogen-bond donors (Lipinski definition) is 0. The number of carbonyl (C=O) groups excluding carboxylic acids is 2. The zero-order valence-corrected chi connectivity index (χ0v) is 13.3. The molecule has 1 amide bonds. The molecule has 114 valence electrons. The number of benzene rings is 1. The van der Waals surface area contributed by atoms with Crippen molar-refractivity contribution < 1.29 is 14.3 Å². The number of amides is 1. The Balaban J connectivity index is 2.05. The van der Waals surface area contributed by atoms with Crippen LogP contribution in [0.15, 0.2) is 18.2 Å². The lowest BCUT2D eigenvalue weighted by molar-refractivity contribution is -0.148. The van der Waals surface area contributed by atoms with Gasteiger partial charge in [0.1, 0.15) is 0 Å². The zero-order chi connectivity index (χ0) is 15.4. The van der Waals surface area contributed by atoms with Crippen molar-refractivity contribution in [2.75, 3.05) is 20.2 Å². The maximum atomic E-state index is 12.4. The second kappa shape index (κ2) is 7.14. The highest BCUT2D eigenvalue weighted by Crippen LogP contribution is 2.26. The summed E-state index contributed by atoms with van der Waals surface area (Å²) < 4.78 is 4.76. The first-order valence-electron chi connectivity index (χ1n) is 6.81. The molecular formula is C15H17Cl2NO3. The second-order valence-electron chi connectivity index (χ2n) is 5.08. The molecule has 6 heteroatoms. The van der Waals surface area contributed by atoms with Crippen LogP contribution in [-0.4, -0.2) is 37.0 Å². The summed E-state index contributed by atoms with van der Waals surface area (Å²) in [5.74, 6) is -0.573. The summed E-state index contributed by atoms with van der Waals surface area (Å²) in [6.07, 6.45) is 1.69. The van der Waals surface area contributed by atoms with Crippen molar-refractivity contribution in [3.8, 4) is 0 Å². The number of rotatable bonds is 3. The maximum absolute atomic E-state index is 12.4. The van der Waals surface area contributed by atoms with Crippen LogP contribution in [0.3, 0.4) is 0 Å². The molecule has 1 aliphatic heterocycles. The van der Waals surface area contributed by atoms with E-state index in [0.29, 0.717) is 28.7 Å². The van der Waals surface area contributed by atoms with E-state index in [0.717, 1.165) is 12.8 Å². The number of nitrogens with zero attached hydrogens (tertiary/aromatic N) is 1. The van der Waals surface area contributed by atoms with Crippen molar-refractivity contribution in [1.29, 1.82) is 0 Å². The number of ether oxygens (including phenoxy) is 1. The summed E-state index contributed by atoms with van der Waals surface area (Å²) in [6, 6.07) is 5.17. The lowest BCUT2D eigenvalue weighted by Gasteiger charge is -2.31. The lowest BCUT2D eigenvalue weighted by Crippen LogP contribution is -2.43. The van der Waals surface area contributed by atoms with Crippen molar-refractivity contribution in [3.05, 3.63) is 33.8 Å². The molecule has 1 saturated heterocycles. The Hall–Kier alpha value is -1.26. The minimum absolute atomic E-state index is 0.0707. The SMILES string of the molecule is COC(=O)[C@H]1CCCN(C(=O)Cc2c(Cl)cccc2Cl)C1. The van der Waals surface area contributed by atoms with E-state index in [9.17, 15) is 9.59 Å². The molecule has 0 spiro atoms. The van der Waals surface area contributed by atoms with Crippen molar-refractivity contribution >= 4 is 35.1 Å². The Labute approximate surface area is 134 Å². The molecule has 0 bridgehead atoms. The molecule has 0 saturated carbocycles. The van der Waals surface area contributed by atoms with Gasteiger partial charge in [0.05, 0.1) is 19.4 Å². The highest BCUT2D eigenvalue weighted by molar-refractivity contribution is 6.36. The maximum Gasteiger partial charge on any atom is 0.310 e. The minimum Gasteiger partial charge on any atom is -0.469 e. The Morgan fingerprint density at radius 2 is 2.00 bits per heavy atom. The van der Waals surface area contributed by atoms with Gasteiger partial charge in [0, 0.05) is 23.1 Å². The highest BCUT2D eigenvalue weighted by atomic mass is 35.5. The van der Waals surface area contributed by atoms with E-state index in [1.54, 1.807) is 23.1 Å². The highest BCUT2D eigenvalue weighted by Gasteiger charge is 2.29. The topological polar surface area (TPSA) is 46.6 Å². The number of likely N-dealkylation sites (tertiary alicyclic amines) is 1. The van der Waals surface area contributed by atoms with Gasteiger partial charge in [0.2, 0.25) is 5.91 Å². The first kappa shape index (κ1) is 16.1. The molecule has 21 heavy (non-hydrogen) atoms. The van der Waals surface area contributed by atoms with Gasteiger partial charge < -0.3 is 9.64 Å². The summed E-state index contributed by atoms with van der Waals surface area (Å²) >= 11 is 12.2. The molecule has 2 rings (SSSR count). The number of carbonyl (C=O) groups is 2. The summed E-state index contributed by atoms with van der Waals surface area (Å²) in [5.41, 5.74) is 0.631. The number of esters is 1. The molecule has 1 aromatic carbocycles. The molecule has 0 unspecified atom stereocenters. The number of methoxy groups -OCH3 is 1. The normalized spacial score (nSPS) is 18.4. The summed E-state index contributed by atoms with van der Waals surface area (Å²) in [7, 11) is 1.37. The van der Waals surface area contributed by atoms with Gasteiger partial charge in [-0.3, -0.25) is 9.59 Å². The van der Waals surface area contributed by atoms with Gasteiger partial charge in [-0.15, -0.1) is 0 Å². The fourth-order valence-corrected chi connectivity index (χ4v) is 3.06. The van der Waals surface area contributed by atoms with Gasteiger partial charge in [-0.2, -0.15) is 0 Å². The zero-order valence-electron chi connectivity index (χ0n) is 11.8. The Bertz CT molecular complexity index is 527. The molecule has 0 radical (unpaired) electrons. The van der Waals surface area contributed by atoms with Gasteiger partial charge >= 0.3 is 5.97 Å². The van der Waals surface area contributed by atoms with Crippen molar-refractivity contribution in [3.63, 3.8) is 0 Å². The fraction of sp³-hybridized carbons (Fsp3) is 0.467. The van der Waals surface area contributed by atoms with Gasteiger partial charge in [-0.05, 0) is 30.5 Å². The minimum atomic E-state index is -0.261. The van der Waals surface area contributed by atoms with Crippen LogP contribution < -0.4 is 0 Å². The van der Waals surface area contributed by atoms with Gasteiger partial charge in [0.15, 0.2) is 0 Å². The quantitative estimate of drug-likeness (QED) is 0.801. The summed E-state index contributed by atoms with van der Waals surface area (Å²) in [6.45, 7) is 1.04. The average molecular weight is 330 g/mol. The molecule has 1 aromatic rings. The third kappa shape index (κ3) is 3.89. The van der Waals surface area contributed by atoms with E-state index >= 15 is 0 Å². The van der Waals surface area contributed by atoms with E-state index < -0.39 is 0 Å². The summed E-state index contributed by atoms with van der Waals surface area (Å²) in [4.78, 5) is 25.7. The van der Waals surface area contributed by atoms with E-state index in [-0.39, 0.29) is 24.2 Å². The Morgan fingerprint density at radius 1 is 1.33 bits per heavy atom. The molecule has 0 aliphatic carbocycles. The second-order valence-corrected chi connectivity index (χ2v) is 5.89. The van der Waals surface area contributed by atoms with Crippen LogP contribution in [0.5, 0.6) is 0 Å². The van der Waals surface area contributed by atoms with Crippen LogP contribution in [0.25, 0.3) is 0 Å². The standard InChI is InChI=1S/C15H17Cl2NO3/c1-21-15(20)10-4-3-7-18(9-10)14(19)8-11-12(16)5-2-6-13(11)17/h2,5-6,10H,3-4,7-9H2,1H3/t10-/m0/s1. The van der Waals surface area contributed by atoms with Crippen molar-refractivity contribution in [1.82, 2.24) is 4.90 Å². The first-order valence-corrected chi connectivity index (χ1v) is 7.57. The van der Waals surface area contributed by atoms with Gasteiger partial charge in [0.25, 0.3) is 0 Å². The predicted octanol–water partition coefficient (Wildman–Crippen LogP) is 2.95. The lowest BCUT2D eigenvalue weighted by atomic mass is 9.97. The Morgan fingerprint density at radius 3 is 2.62 bits per heavy atom. The molecule has 0 aromatic heterocycles. The Kier molecular flexibility index (Phi) is 5.48. The smallest absolute Gasteiger partial charge is 0.310 e. The first-order chi connectivity index (χ1) is 10.0. The van der Waals surface area contributed by atoms with E-state index in [2.05, 4.69) is 0 Å². The molecule has 4 nitrogen and oxygen atoms in total. The molecule has 1 aliphatic rings. The third-order valence-electron chi connectivity index (χ3n) is 3.70. The monoisotopic (exact) mass is 329 g/mol. The van der Waals surface area contributed by atoms with Crippen LogP contribution in [0, 0.1) is 5.92 Å². The largest absolute Gasteiger partial charge is 0.469 e. The van der Waals surface area contributed by atoms with Crippen LogP contribution in [-0.2, 0) is 20.7 Å². The third-order valence-corrected chi connectivity index (χ3v) is 4.41. The molecular weight excluding hydrogens is 313 g/mol. The molecule has 0 N–H and O–H groups in total. The van der Waals surface area contributed by atoms with Gasteiger partial charge in [-0.1, -0.05) is 29.3 Å². The van der Waals surface area contributed by atoms with E-state index in [4.69, 9.17) is 27.9 Å². The number of halogens is 2. The molecule has 1 atom stereocenters. The van der Waals surface area contributed by atoms with Crippen LogP contribution >= 0.6 is 23.2 Å². The van der Waals surface area contributed by atoms with Gasteiger partial charge in [-0.25, -0.2) is 0 Å². The fourth-order valence-electron chi connectivity index (χ4n) is 2.53. The van der Waals surface area contributed by atoms with Crippen molar-refractivity contribution in [2.24, 2.45) is 5.92 Å². The molecule has 1 fully saturated rings. The average Bonchev–Trinajstić information content (AvgIpc) is 2.50. The predicted molar refractivity (Wildman–Crippen MR) is 81.5 cm³/mol. The van der Waals surface area contributed by atoms with E-state index in [1.165, 1.54) is 7.11 Å². The van der Waals surface area contributed by atoms with Crippen LogP contribution in [0.4, 0.5) is 0 Å². The molecule has 1 heterocycles. The van der Waals surface area contributed by atoms with Crippen molar-refractivity contribution in [2.45, 2.75) is 19.3 Å². The summed E-state index contributed by atoms with van der Waals surface area (Å²) in [5, 5.41) is 0.967. The van der Waals surface area contributed by atoms with Crippen LogP contribution in [0.2, 0.25) is 10.0 Å². The number of hydrogen-bond acceptors (Lipinski definition) is 3. The van der Waals surface area contributed by atoms with Crippen LogP contribution in [0.1, 0.15) is 18.4 Å². The number of piperidine rings is 1. The van der Waals surface area contributed by atoms with E-state index in [1.807, 2.05) is 0 Å².